The van der Waals surface area contributed by atoms with E-state index in [-0.39, 0.29) is 24.3 Å². The molecule has 8 nitrogen and oxygen atoms in total. The number of hydrogen-bond acceptors (Lipinski definition) is 4. The molecule has 27 heavy (non-hydrogen) atoms. The summed E-state index contributed by atoms with van der Waals surface area (Å²) in [6.45, 7) is 10.7. The fourth-order valence-electron chi connectivity index (χ4n) is 3.16. The maximum atomic E-state index is 12.7. The zero-order valence-electron chi connectivity index (χ0n) is 16.9. The standard InChI is InChI=1S/C19H33N5O3/c1-15(2)13-20-19(21-14-17(25)22(3)4)24-7-5-16(6-8-24)18(26)23-9-11-27-12-10-23/h16H,1,5-14H2,2-4H3,(H,20,21). The number of carbonyl (C=O) groups is 2. The van der Waals surface area contributed by atoms with Gasteiger partial charge >= 0.3 is 0 Å². The van der Waals surface area contributed by atoms with Crippen molar-refractivity contribution < 1.29 is 14.3 Å². The first kappa shape index (κ1) is 21.2. The first-order valence-electron chi connectivity index (χ1n) is 9.62. The molecule has 0 unspecified atom stereocenters. The van der Waals surface area contributed by atoms with E-state index in [2.05, 4.69) is 21.8 Å². The van der Waals surface area contributed by atoms with E-state index in [1.807, 2.05) is 11.8 Å². The fourth-order valence-corrected chi connectivity index (χ4v) is 3.16. The van der Waals surface area contributed by atoms with Crippen LogP contribution in [0.15, 0.2) is 17.1 Å². The van der Waals surface area contributed by atoms with Crippen LogP contribution in [0.2, 0.25) is 0 Å². The summed E-state index contributed by atoms with van der Waals surface area (Å²) < 4.78 is 5.33. The lowest BCUT2D eigenvalue weighted by Gasteiger charge is -2.36. The number of piperidine rings is 1. The molecule has 0 aromatic rings. The Morgan fingerprint density at radius 1 is 1.15 bits per heavy atom. The van der Waals surface area contributed by atoms with Gasteiger partial charge in [-0.15, -0.1) is 0 Å². The average Bonchev–Trinajstić information content (AvgIpc) is 2.68. The number of nitrogens with one attached hydrogen (secondary N) is 1. The van der Waals surface area contributed by atoms with Crippen LogP contribution in [0.1, 0.15) is 19.8 Å². The second-order valence-corrected chi connectivity index (χ2v) is 7.44. The number of likely N-dealkylation sites (N-methyl/N-ethyl adjacent to an activating group) is 1. The van der Waals surface area contributed by atoms with Gasteiger partial charge in [0.25, 0.3) is 0 Å². The van der Waals surface area contributed by atoms with E-state index in [1.54, 1.807) is 14.1 Å². The molecule has 152 valence electrons. The highest BCUT2D eigenvalue weighted by molar-refractivity contribution is 5.85. The van der Waals surface area contributed by atoms with E-state index in [0.29, 0.717) is 38.8 Å². The van der Waals surface area contributed by atoms with Crippen LogP contribution >= 0.6 is 0 Å². The molecule has 0 aromatic carbocycles. The first-order valence-corrected chi connectivity index (χ1v) is 9.62. The Labute approximate surface area is 162 Å². The highest BCUT2D eigenvalue weighted by Crippen LogP contribution is 2.20. The summed E-state index contributed by atoms with van der Waals surface area (Å²) in [5.41, 5.74) is 0.999. The summed E-state index contributed by atoms with van der Waals surface area (Å²) in [5, 5.41) is 3.28. The molecule has 2 heterocycles. The van der Waals surface area contributed by atoms with Crippen molar-refractivity contribution in [2.45, 2.75) is 19.8 Å². The number of hydrogen-bond donors (Lipinski definition) is 1. The van der Waals surface area contributed by atoms with Crippen molar-refractivity contribution in [1.82, 2.24) is 20.0 Å². The van der Waals surface area contributed by atoms with Crippen LogP contribution in [0, 0.1) is 5.92 Å². The zero-order chi connectivity index (χ0) is 19.8. The fraction of sp³-hybridized carbons (Fsp3) is 0.737. The predicted octanol–water partition coefficient (Wildman–Crippen LogP) is 0.167. The topological polar surface area (TPSA) is 77.5 Å². The van der Waals surface area contributed by atoms with E-state index < -0.39 is 0 Å². The van der Waals surface area contributed by atoms with Gasteiger partial charge in [-0.05, 0) is 19.8 Å². The average molecular weight is 380 g/mol. The molecule has 0 bridgehead atoms. The van der Waals surface area contributed by atoms with Gasteiger partial charge in [0.1, 0.15) is 6.54 Å². The highest BCUT2D eigenvalue weighted by atomic mass is 16.5. The largest absolute Gasteiger partial charge is 0.378 e. The minimum atomic E-state index is -0.0398. The highest BCUT2D eigenvalue weighted by Gasteiger charge is 2.30. The van der Waals surface area contributed by atoms with Gasteiger partial charge in [0, 0.05) is 52.7 Å². The van der Waals surface area contributed by atoms with E-state index in [0.717, 1.165) is 31.5 Å². The molecule has 0 spiro atoms. The second kappa shape index (κ2) is 10.3. The van der Waals surface area contributed by atoms with Gasteiger partial charge in [0.05, 0.1) is 13.2 Å². The molecule has 2 fully saturated rings. The Morgan fingerprint density at radius 2 is 1.78 bits per heavy atom. The molecule has 1 N–H and O–H groups in total. The third-order valence-electron chi connectivity index (χ3n) is 4.88. The molecule has 2 aliphatic heterocycles. The van der Waals surface area contributed by atoms with Crippen molar-refractivity contribution in [2.24, 2.45) is 10.9 Å². The summed E-state index contributed by atoms with van der Waals surface area (Å²) in [5.74, 6) is 0.978. The van der Waals surface area contributed by atoms with Gasteiger partial charge in [-0.2, -0.15) is 0 Å². The van der Waals surface area contributed by atoms with Crippen LogP contribution in [0.5, 0.6) is 0 Å². The summed E-state index contributed by atoms with van der Waals surface area (Å²) in [7, 11) is 3.45. The predicted molar refractivity (Wildman–Crippen MR) is 106 cm³/mol. The molecule has 0 atom stereocenters. The van der Waals surface area contributed by atoms with Crippen molar-refractivity contribution in [2.75, 3.05) is 66.6 Å². The monoisotopic (exact) mass is 379 g/mol. The van der Waals surface area contributed by atoms with Crippen molar-refractivity contribution in [3.8, 4) is 0 Å². The minimum absolute atomic E-state index is 0.0398. The Kier molecular flexibility index (Phi) is 8.09. The van der Waals surface area contributed by atoms with Crippen LogP contribution < -0.4 is 5.32 Å². The number of amides is 2. The summed E-state index contributed by atoms with van der Waals surface area (Å²) in [6, 6.07) is 0. The maximum absolute atomic E-state index is 12.7. The van der Waals surface area contributed by atoms with Crippen LogP contribution in [-0.2, 0) is 14.3 Å². The number of ether oxygens (including phenoxy) is 1. The number of rotatable bonds is 5. The molecule has 0 saturated carbocycles. The number of carbonyl (C=O) groups excluding carboxylic acids is 2. The van der Waals surface area contributed by atoms with Crippen LogP contribution in [0.4, 0.5) is 0 Å². The molecule has 2 saturated heterocycles. The van der Waals surface area contributed by atoms with Crippen molar-refractivity contribution in [3.05, 3.63) is 12.2 Å². The third kappa shape index (κ3) is 6.53. The Hall–Kier alpha value is -2.09. The number of morpholine rings is 1. The molecule has 2 rings (SSSR count). The van der Waals surface area contributed by atoms with Crippen LogP contribution in [0.3, 0.4) is 0 Å². The first-order chi connectivity index (χ1) is 12.9. The molecule has 2 aliphatic rings. The van der Waals surface area contributed by atoms with Crippen molar-refractivity contribution in [1.29, 1.82) is 0 Å². The van der Waals surface area contributed by atoms with E-state index in [4.69, 9.17) is 4.74 Å². The normalized spacial score (nSPS) is 19.0. The molecule has 8 heteroatoms. The minimum Gasteiger partial charge on any atom is -0.378 e. The number of guanidine groups is 1. The summed E-state index contributed by atoms with van der Waals surface area (Å²) in [4.78, 5) is 34.6. The molecule has 0 aromatic heterocycles. The molecule has 0 radical (unpaired) electrons. The molecular formula is C19H33N5O3. The zero-order valence-corrected chi connectivity index (χ0v) is 16.9. The second-order valence-electron chi connectivity index (χ2n) is 7.44. The summed E-state index contributed by atoms with van der Waals surface area (Å²) >= 11 is 0. The Balaban J connectivity index is 1.93. The lowest BCUT2D eigenvalue weighted by Crippen LogP contribution is -2.50. The van der Waals surface area contributed by atoms with Gasteiger partial charge in [-0.1, -0.05) is 12.2 Å². The maximum Gasteiger partial charge on any atom is 0.243 e. The van der Waals surface area contributed by atoms with Gasteiger partial charge in [0.15, 0.2) is 5.96 Å². The smallest absolute Gasteiger partial charge is 0.243 e. The number of likely N-dealkylation sites (tertiary alicyclic amines) is 1. The Bertz CT molecular complexity index is 562. The van der Waals surface area contributed by atoms with Gasteiger partial charge in [-0.3, -0.25) is 9.59 Å². The van der Waals surface area contributed by atoms with Crippen molar-refractivity contribution >= 4 is 17.8 Å². The third-order valence-corrected chi connectivity index (χ3v) is 4.88. The number of aliphatic imine (C=N–C) groups is 1. The van der Waals surface area contributed by atoms with Gasteiger partial charge < -0.3 is 24.8 Å². The van der Waals surface area contributed by atoms with Gasteiger partial charge in [0.2, 0.25) is 11.8 Å². The Morgan fingerprint density at radius 3 is 2.33 bits per heavy atom. The van der Waals surface area contributed by atoms with Gasteiger partial charge in [-0.25, -0.2) is 4.99 Å². The van der Waals surface area contributed by atoms with E-state index in [9.17, 15) is 9.59 Å². The molecule has 2 amide bonds. The quantitative estimate of drug-likeness (QED) is 0.419. The molecular weight excluding hydrogens is 346 g/mol. The van der Waals surface area contributed by atoms with E-state index in [1.165, 1.54) is 4.90 Å². The lowest BCUT2D eigenvalue weighted by molar-refractivity contribution is -0.140. The molecule has 0 aliphatic carbocycles. The lowest BCUT2D eigenvalue weighted by atomic mass is 9.95. The summed E-state index contributed by atoms with van der Waals surface area (Å²) in [6.07, 6.45) is 1.59. The van der Waals surface area contributed by atoms with Crippen molar-refractivity contribution in [3.63, 3.8) is 0 Å². The van der Waals surface area contributed by atoms with Crippen LogP contribution in [0.25, 0.3) is 0 Å². The SMILES string of the molecule is C=C(C)CNC(=NCC(=O)N(C)C)N1CCC(C(=O)N2CCOCC2)CC1. The van der Waals surface area contributed by atoms with Crippen LogP contribution in [-0.4, -0.2) is 99.1 Å². The number of nitrogens with zero attached hydrogens (tertiary/aromatic N) is 4. The van der Waals surface area contributed by atoms with E-state index >= 15 is 0 Å².